The van der Waals surface area contributed by atoms with Crippen LogP contribution in [0.4, 0.5) is 0 Å². The van der Waals surface area contributed by atoms with Gasteiger partial charge in [-0.05, 0) is 181 Å². The third-order valence-electron chi connectivity index (χ3n) is 15.1. The van der Waals surface area contributed by atoms with Gasteiger partial charge in [0.05, 0.1) is 52.9 Å². The summed E-state index contributed by atoms with van der Waals surface area (Å²) in [6.07, 6.45) is 17.5. The fraction of sp³-hybridized carbons (Fsp3) is 0.571. The number of aryl methyl sites for hydroxylation is 4. The normalized spacial score (nSPS) is 24.0. The molecule has 0 N–H and O–H groups in total. The summed E-state index contributed by atoms with van der Waals surface area (Å²) in [7, 11) is 0. The smallest absolute Gasteiger partial charge is 0.126 e. The minimum Gasteiger partial charge on any atom is -0.493 e. The molecule has 4 aromatic rings. The molecule has 2 saturated carbocycles. The van der Waals surface area contributed by atoms with Gasteiger partial charge in [0.15, 0.2) is 0 Å². The van der Waals surface area contributed by atoms with Crippen LogP contribution in [0, 0.1) is 0 Å². The van der Waals surface area contributed by atoms with E-state index in [4.69, 9.17) is 33.2 Å². The second-order valence-corrected chi connectivity index (χ2v) is 19.1. The number of hydrogen-bond acceptors (Lipinski definition) is 7. The van der Waals surface area contributed by atoms with E-state index in [9.17, 15) is 0 Å². The molecule has 10 rings (SSSR count). The van der Waals surface area contributed by atoms with Crippen molar-refractivity contribution in [2.75, 3.05) is 66.1 Å². The molecule has 5 aliphatic carbocycles. The number of fused-ring (bicyclic) bond motifs is 6. The molecular formula is C56H70O7. The molecule has 4 atom stereocenters. The second-order valence-electron chi connectivity index (χ2n) is 19.1. The van der Waals surface area contributed by atoms with Gasteiger partial charge in [0.1, 0.15) is 36.2 Å². The summed E-state index contributed by atoms with van der Waals surface area (Å²) in [5, 5.41) is 0. The summed E-state index contributed by atoms with van der Waals surface area (Å²) >= 11 is 0. The SMILES string of the molecule is CCOc1c2cc3cc1C1CCC1c1cc(cc(c1OCC)Cc1cc4cc5c1OCCOCCOCCOCCOc1c(cc(cc1C1CCC51)CCCCC4)C2)CCCCC3. The van der Waals surface area contributed by atoms with E-state index in [1.165, 1.54) is 105 Å². The fourth-order valence-electron chi connectivity index (χ4n) is 11.8. The zero-order chi connectivity index (χ0) is 42.5. The molecule has 0 aromatic heterocycles. The van der Waals surface area contributed by atoms with Gasteiger partial charge in [0.2, 0.25) is 0 Å². The largest absolute Gasteiger partial charge is 0.493 e. The van der Waals surface area contributed by atoms with E-state index in [0.717, 1.165) is 87.2 Å². The van der Waals surface area contributed by atoms with Gasteiger partial charge in [0.25, 0.3) is 0 Å². The predicted molar refractivity (Wildman–Crippen MR) is 249 cm³/mol. The average molecular weight is 855 g/mol. The molecule has 7 nitrogen and oxygen atoms in total. The lowest BCUT2D eigenvalue weighted by Crippen LogP contribution is -2.26. The molecule has 14 bridgehead atoms. The molecule has 63 heavy (non-hydrogen) atoms. The summed E-state index contributed by atoms with van der Waals surface area (Å²) in [4.78, 5) is 0. The predicted octanol–water partition coefficient (Wildman–Crippen LogP) is 11.7. The molecule has 4 unspecified atom stereocenters. The Morgan fingerprint density at radius 1 is 0.397 bits per heavy atom. The average Bonchev–Trinajstić information content (AvgIpc) is 3.25. The van der Waals surface area contributed by atoms with Crippen molar-refractivity contribution in [1.29, 1.82) is 0 Å². The van der Waals surface area contributed by atoms with Crippen molar-refractivity contribution in [1.82, 2.24) is 0 Å². The maximum Gasteiger partial charge on any atom is 0.126 e. The van der Waals surface area contributed by atoms with Crippen LogP contribution in [0.1, 0.15) is 168 Å². The van der Waals surface area contributed by atoms with Crippen molar-refractivity contribution in [3.8, 4) is 23.0 Å². The lowest BCUT2D eigenvalue weighted by molar-refractivity contribution is 0.00489. The number of ether oxygens (including phenoxy) is 7. The molecule has 2 fully saturated rings. The minimum atomic E-state index is 0.309. The van der Waals surface area contributed by atoms with Crippen molar-refractivity contribution >= 4 is 0 Å². The van der Waals surface area contributed by atoms with Crippen molar-refractivity contribution in [2.45, 2.75) is 140 Å². The van der Waals surface area contributed by atoms with Crippen LogP contribution < -0.4 is 18.9 Å². The van der Waals surface area contributed by atoms with Crippen LogP contribution >= 0.6 is 0 Å². The molecule has 0 radical (unpaired) electrons. The number of hydrogen-bond donors (Lipinski definition) is 0. The quantitative estimate of drug-likeness (QED) is 0.203. The first-order valence-electron chi connectivity index (χ1n) is 25.0. The Morgan fingerprint density at radius 2 is 0.730 bits per heavy atom. The maximum absolute atomic E-state index is 7.10. The van der Waals surface area contributed by atoms with Gasteiger partial charge in [-0.25, -0.2) is 0 Å². The summed E-state index contributed by atoms with van der Waals surface area (Å²) < 4.78 is 46.1. The van der Waals surface area contributed by atoms with Gasteiger partial charge in [0, 0.05) is 12.8 Å². The number of benzene rings is 4. The van der Waals surface area contributed by atoms with E-state index < -0.39 is 0 Å². The summed E-state index contributed by atoms with van der Waals surface area (Å²) in [5.74, 6) is 5.63. The summed E-state index contributed by atoms with van der Waals surface area (Å²) in [6, 6.07) is 20.2. The van der Waals surface area contributed by atoms with Gasteiger partial charge in [-0.15, -0.1) is 0 Å². The molecule has 1 aliphatic heterocycles. The molecule has 0 amide bonds. The Balaban J connectivity index is 1.24. The molecular weight excluding hydrogens is 785 g/mol. The summed E-state index contributed by atoms with van der Waals surface area (Å²) in [5.41, 5.74) is 16.4. The van der Waals surface area contributed by atoms with Crippen LogP contribution in [0.3, 0.4) is 0 Å². The van der Waals surface area contributed by atoms with Gasteiger partial charge >= 0.3 is 0 Å². The standard InChI is InChI=1S/C56H70O7/c1-3-60-53-41-27-37-11-7-5-8-12-38-28-42(54(61-4-2)50(32-38)46-16-15-45(46)49(53)31-37)36-44-30-40-14-10-6-9-13-39-29-43(35-41)55-51(33-39)47-17-18-48(47)52(34-40)56(44)63-26-24-59-22-20-57-19-21-58-23-25-62-55/h27-34,45-48H,3-26,35-36H2,1-2H3. The highest BCUT2D eigenvalue weighted by atomic mass is 16.6. The first-order valence-corrected chi connectivity index (χ1v) is 25.0. The summed E-state index contributed by atoms with van der Waals surface area (Å²) in [6.45, 7) is 9.69. The van der Waals surface area contributed by atoms with E-state index >= 15 is 0 Å². The first-order chi connectivity index (χ1) is 31.1. The van der Waals surface area contributed by atoms with Crippen molar-refractivity contribution in [2.24, 2.45) is 0 Å². The molecule has 336 valence electrons. The Labute approximate surface area is 376 Å². The van der Waals surface area contributed by atoms with Crippen LogP contribution in [-0.2, 0) is 52.7 Å². The highest BCUT2D eigenvalue weighted by Gasteiger charge is 2.41. The van der Waals surface area contributed by atoms with E-state index in [1.54, 1.807) is 0 Å². The molecule has 4 aromatic carbocycles. The molecule has 1 heterocycles. The highest BCUT2D eigenvalue weighted by molar-refractivity contribution is 5.59. The molecule has 0 spiro atoms. The van der Waals surface area contributed by atoms with Gasteiger partial charge in [-0.3, -0.25) is 0 Å². The lowest BCUT2D eigenvalue weighted by Gasteiger charge is -2.41. The van der Waals surface area contributed by atoms with Gasteiger partial charge < -0.3 is 33.2 Å². The van der Waals surface area contributed by atoms with Gasteiger partial charge in [-0.1, -0.05) is 61.4 Å². The van der Waals surface area contributed by atoms with Crippen LogP contribution in [0.15, 0.2) is 48.5 Å². The number of rotatable bonds is 4. The fourth-order valence-corrected chi connectivity index (χ4v) is 11.8. The van der Waals surface area contributed by atoms with Crippen molar-refractivity contribution in [3.05, 3.63) is 115 Å². The topological polar surface area (TPSA) is 64.6 Å². The minimum absolute atomic E-state index is 0.309. The molecule has 7 heteroatoms. The second kappa shape index (κ2) is 20.0. The Morgan fingerprint density at radius 3 is 1.10 bits per heavy atom. The lowest BCUT2D eigenvalue weighted by atomic mass is 9.64. The Hall–Kier alpha value is -4.04. The highest BCUT2D eigenvalue weighted by Crippen LogP contribution is 2.58. The van der Waals surface area contributed by atoms with E-state index in [0.29, 0.717) is 89.7 Å². The van der Waals surface area contributed by atoms with Crippen LogP contribution in [-0.4, -0.2) is 66.1 Å². The molecule has 6 aliphatic rings. The van der Waals surface area contributed by atoms with Crippen LogP contribution in [0.2, 0.25) is 0 Å². The van der Waals surface area contributed by atoms with E-state index in [-0.39, 0.29) is 0 Å². The third-order valence-corrected chi connectivity index (χ3v) is 15.1. The third kappa shape index (κ3) is 9.27. The van der Waals surface area contributed by atoms with Crippen LogP contribution in [0.25, 0.3) is 0 Å². The first kappa shape index (κ1) is 42.9. The van der Waals surface area contributed by atoms with E-state index in [2.05, 4.69) is 62.4 Å². The van der Waals surface area contributed by atoms with Gasteiger partial charge in [-0.2, -0.15) is 0 Å². The Bertz CT molecular complexity index is 2070. The van der Waals surface area contributed by atoms with E-state index in [1.807, 2.05) is 0 Å². The zero-order valence-electron chi connectivity index (χ0n) is 38.2. The molecule has 0 saturated heterocycles. The van der Waals surface area contributed by atoms with Crippen LogP contribution in [0.5, 0.6) is 23.0 Å². The van der Waals surface area contributed by atoms with Crippen molar-refractivity contribution in [3.63, 3.8) is 0 Å². The monoisotopic (exact) mass is 855 g/mol. The van der Waals surface area contributed by atoms with Crippen molar-refractivity contribution < 1.29 is 33.2 Å². The zero-order valence-corrected chi connectivity index (χ0v) is 38.2. The Kier molecular flexibility index (Phi) is 13.6. The maximum atomic E-state index is 7.10.